The van der Waals surface area contributed by atoms with E-state index in [1.54, 1.807) is 4.90 Å². The molecule has 2 rings (SSSR count). The molecule has 0 unspecified atom stereocenters. The molecule has 1 aliphatic rings. The number of nitrogens with zero attached hydrogens (tertiary/aromatic N) is 1. The molecule has 1 N–H and O–H groups in total. The zero-order valence-electron chi connectivity index (χ0n) is 9.84. The minimum absolute atomic E-state index is 0.0565. The zero-order chi connectivity index (χ0) is 13.3. The fraction of sp³-hybridized carbons (Fsp3) is 0.417. The van der Waals surface area contributed by atoms with E-state index in [1.807, 2.05) is 6.92 Å². The summed E-state index contributed by atoms with van der Waals surface area (Å²) in [5.41, 5.74) is 0.160. The van der Waals surface area contributed by atoms with Crippen LogP contribution in [0.15, 0.2) is 12.1 Å². The lowest BCUT2D eigenvalue weighted by molar-refractivity contribution is 0.0655. The molecule has 0 spiro atoms. The summed E-state index contributed by atoms with van der Waals surface area (Å²) in [6.45, 7) is 3.97. The van der Waals surface area contributed by atoms with Gasteiger partial charge in [-0.15, -0.1) is 0 Å². The van der Waals surface area contributed by atoms with Crippen LogP contribution in [0.2, 0.25) is 10.0 Å². The summed E-state index contributed by atoms with van der Waals surface area (Å²) >= 11 is 11.6. The predicted molar refractivity (Wildman–Crippen MR) is 69.8 cm³/mol. The Morgan fingerprint density at radius 3 is 2.83 bits per heavy atom. The van der Waals surface area contributed by atoms with Crippen LogP contribution in [0.25, 0.3) is 0 Å². The Hall–Kier alpha value is -0.840. The smallest absolute Gasteiger partial charge is 0.255 e. The van der Waals surface area contributed by atoms with Crippen LogP contribution in [-0.4, -0.2) is 36.5 Å². The first kappa shape index (κ1) is 13.6. The molecule has 0 radical (unpaired) electrons. The van der Waals surface area contributed by atoms with Crippen molar-refractivity contribution in [3.8, 4) is 0 Å². The third-order valence-corrected chi connectivity index (χ3v) is 3.60. The molecular weight excluding hydrogens is 278 g/mol. The number of carbonyl (C=O) groups excluding carboxylic acids is 1. The van der Waals surface area contributed by atoms with Crippen molar-refractivity contribution >= 4 is 29.1 Å². The molecule has 18 heavy (non-hydrogen) atoms. The molecule has 1 saturated heterocycles. The summed E-state index contributed by atoms with van der Waals surface area (Å²) in [4.78, 5) is 14.0. The van der Waals surface area contributed by atoms with Gasteiger partial charge in [0.15, 0.2) is 0 Å². The van der Waals surface area contributed by atoms with Crippen LogP contribution in [0.5, 0.6) is 0 Å². The van der Waals surface area contributed by atoms with E-state index in [0.29, 0.717) is 6.54 Å². The van der Waals surface area contributed by atoms with Crippen molar-refractivity contribution in [2.24, 2.45) is 0 Å². The molecular formula is C12H13Cl2FN2O. The van der Waals surface area contributed by atoms with Gasteiger partial charge in [-0.3, -0.25) is 4.79 Å². The van der Waals surface area contributed by atoms with Gasteiger partial charge in [-0.05, 0) is 19.1 Å². The number of nitrogens with one attached hydrogen (secondary N) is 1. The first-order chi connectivity index (χ1) is 8.50. The van der Waals surface area contributed by atoms with Crippen LogP contribution in [0.4, 0.5) is 4.39 Å². The maximum Gasteiger partial charge on any atom is 0.255 e. The number of hydrogen-bond donors (Lipinski definition) is 1. The Balaban J connectivity index is 2.30. The number of piperazine rings is 1. The standard InChI is InChI=1S/C12H13Cl2FN2O/c1-7-6-16-2-3-17(7)12(18)8-4-11(15)10(14)5-9(8)13/h4-5,7,16H,2-3,6H2,1H3/t7-/m1/s1. The van der Waals surface area contributed by atoms with Crippen LogP contribution in [-0.2, 0) is 0 Å². The van der Waals surface area contributed by atoms with Crippen LogP contribution in [0.1, 0.15) is 17.3 Å². The summed E-state index contributed by atoms with van der Waals surface area (Å²) in [7, 11) is 0. The van der Waals surface area contributed by atoms with Gasteiger partial charge in [-0.1, -0.05) is 23.2 Å². The second-order valence-electron chi connectivity index (χ2n) is 4.30. The number of amides is 1. The Morgan fingerprint density at radius 1 is 1.44 bits per heavy atom. The number of benzene rings is 1. The van der Waals surface area contributed by atoms with Crippen molar-refractivity contribution in [3.63, 3.8) is 0 Å². The van der Waals surface area contributed by atoms with Gasteiger partial charge in [0, 0.05) is 25.7 Å². The average Bonchev–Trinajstić information content (AvgIpc) is 2.33. The molecule has 1 amide bonds. The second-order valence-corrected chi connectivity index (χ2v) is 5.11. The van der Waals surface area contributed by atoms with Crippen molar-refractivity contribution in [1.82, 2.24) is 10.2 Å². The molecule has 3 nitrogen and oxygen atoms in total. The summed E-state index contributed by atoms with van der Waals surface area (Å²) in [6.07, 6.45) is 0. The largest absolute Gasteiger partial charge is 0.333 e. The molecule has 6 heteroatoms. The molecule has 1 aromatic carbocycles. The van der Waals surface area contributed by atoms with Crippen LogP contribution < -0.4 is 5.32 Å². The van der Waals surface area contributed by atoms with E-state index in [-0.39, 0.29) is 27.6 Å². The maximum atomic E-state index is 13.4. The lowest BCUT2D eigenvalue weighted by Crippen LogP contribution is -2.52. The van der Waals surface area contributed by atoms with Gasteiger partial charge in [-0.25, -0.2) is 4.39 Å². The third-order valence-electron chi connectivity index (χ3n) is 3.00. The topological polar surface area (TPSA) is 32.3 Å². The SMILES string of the molecule is C[C@@H]1CNCCN1C(=O)c1cc(F)c(Cl)cc1Cl. The third kappa shape index (κ3) is 2.60. The van der Waals surface area contributed by atoms with Crippen molar-refractivity contribution in [1.29, 1.82) is 0 Å². The van der Waals surface area contributed by atoms with Crippen molar-refractivity contribution in [2.75, 3.05) is 19.6 Å². The van der Waals surface area contributed by atoms with Crippen LogP contribution in [0.3, 0.4) is 0 Å². The van der Waals surface area contributed by atoms with Crippen molar-refractivity contribution < 1.29 is 9.18 Å². The van der Waals surface area contributed by atoms with E-state index in [1.165, 1.54) is 6.07 Å². The van der Waals surface area contributed by atoms with Gasteiger partial charge in [0.2, 0.25) is 0 Å². The molecule has 1 heterocycles. The Labute approximate surface area is 115 Å². The Kier molecular flexibility index (Phi) is 4.10. The normalized spacial score (nSPS) is 20.0. The monoisotopic (exact) mass is 290 g/mol. The number of halogens is 3. The van der Waals surface area contributed by atoms with Crippen LogP contribution in [0, 0.1) is 5.82 Å². The predicted octanol–water partition coefficient (Wildman–Crippen LogP) is 2.57. The fourth-order valence-electron chi connectivity index (χ4n) is 1.98. The maximum absolute atomic E-state index is 13.4. The van der Waals surface area contributed by atoms with Gasteiger partial charge in [0.1, 0.15) is 5.82 Å². The highest BCUT2D eigenvalue weighted by atomic mass is 35.5. The first-order valence-corrected chi connectivity index (χ1v) is 6.42. The number of hydrogen-bond acceptors (Lipinski definition) is 2. The summed E-state index contributed by atoms with van der Waals surface area (Å²) in [5.74, 6) is -0.892. The van der Waals surface area contributed by atoms with Gasteiger partial charge >= 0.3 is 0 Å². The highest BCUT2D eigenvalue weighted by Crippen LogP contribution is 2.26. The van der Waals surface area contributed by atoms with Gasteiger partial charge < -0.3 is 10.2 Å². The van der Waals surface area contributed by atoms with E-state index in [9.17, 15) is 9.18 Å². The van der Waals surface area contributed by atoms with E-state index >= 15 is 0 Å². The van der Waals surface area contributed by atoms with Gasteiger partial charge in [0.25, 0.3) is 5.91 Å². The molecule has 1 aromatic rings. The van der Waals surface area contributed by atoms with Gasteiger partial charge in [-0.2, -0.15) is 0 Å². The number of rotatable bonds is 1. The summed E-state index contributed by atoms with van der Waals surface area (Å²) in [6, 6.07) is 2.42. The highest BCUT2D eigenvalue weighted by molar-refractivity contribution is 6.36. The number of carbonyl (C=O) groups is 1. The minimum Gasteiger partial charge on any atom is -0.333 e. The summed E-state index contributed by atoms with van der Waals surface area (Å²) in [5, 5.41) is 3.28. The van der Waals surface area contributed by atoms with E-state index in [4.69, 9.17) is 23.2 Å². The molecule has 98 valence electrons. The molecule has 0 aromatic heterocycles. The quantitative estimate of drug-likeness (QED) is 0.807. The van der Waals surface area contributed by atoms with E-state index in [0.717, 1.165) is 19.2 Å². The van der Waals surface area contributed by atoms with Crippen molar-refractivity contribution in [3.05, 3.63) is 33.6 Å². The molecule has 0 saturated carbocycles. The van der Waals surface area contributed by atoms with E-state index < -0.39 is 5.82 Å². The minimum atomic E-state index is -0.632. The molecule has 1 aliphatic heterocycles. The summed E-state index contributed by atoms with van der Waals surface area (Å²) < 4.78 is 13.4. The molecule has 1 atom stereocenters. The molecule has 1 fully saturated rings. The zero-order valence-corrected chi connectivity index (χ0v) is 11.4. The first-order valence-electron chi connectivity index (χ1n) is 5.67. The van der Waals surface area contributed by atoms with Gasteiger partial charge in [0.05, 0.1) is 15.6 Å². The molecule has 0 bridgehead atoms. The van der Waals surface area contributed by atoms with E-state index in [2.05, 4.69) is 5.32 Å². The lowest BCUT2D eigenvalue weighted by atomic mass is 10.1. The highest BCUT2D eigenvalue weighted by Gasteiger charge is 2.26. The average molecular weight is 291 g/mol. The Bertz CT molecular complexity index is 481. The fourth-order valence-corrected chi connectivity index (χ4v) is 2.45. The van der Waals surface area contributed by atoms with Crippen LogP contribution >= 0.6 is 23.2 Å². The second kappa shape index (κ2) is 5.43. The van der Waals surface area contributed by atoms with Crippen molar-refractivity contribution in [2.45, 2.75) is 13.0 Å². The molecule has 0 aliphatic carbocycles. The lowest BCUT2D eigenvalue weighted by Gasteiger charge is -2.34. The Morgan fingerprint density at radius 2 is 2.17 bits per heavy atom.